The summed E-state index contributed by atoms with van der Waals surface area (Å²) in [5, 5.41) is 0.501. The lowest BCUT2D eigenvalue weighted by atomic mass is 9.94. The lowest BCUT2D eigenvalue weighted by Gasteiger charge is -2.34. The molecular formula is C24H28ClN3O3. The third kappa shape index (κ3) is 4.49. The number of amides is 2. The molecule has 7 heteroatoms. The summed E-state index contributed by atoms with van der Waals surface area (Å²) >= 11 is 6.09. The van der Waals surface area contributed by atoms with Crippen LogP contribution in [0.2, 0.25) is 5.02 Å². The first-order chi connectivity index (χ1) is 15.0. The van der Waals surface area contributed by atoms with Crippen molar-refractivity contribution < 1.29 is 14.3 Å². The van der Waals surface area contributed by atoms with E-state index < -0.39 is 0 Å². The molecule has 2 aromatic carbocycles. The van der Waals surface area contributed by atoms with Gasteiger partial charge in [0.25, 0.3) is 5.91 Å². The van der Waals surface area contributed by atoms with Crippen LogP contribution < -0.4 is 9.64 Å². The van der Waals surface area contributed by atoms with E-state index in [1.165, 1.54) is 11.3 Å². The van der Waals surface area contributed by atoms with E-state index in [2.05, 4.69) is 24.1 Å². The van der Waals surface area contributed by atoms with Crippen LogP contribution >= 0.6 is 11.6 Å². The Kier molecular flexibility index (Phi) is 6.37. The van der Waals surface area contributed by atoms with Gasteiger partial charge >= 0.3 is 0 Å². The second kappa shape index (κ2) is 9.18. The van der Waals surface area contributed by atoms with Gasteiger partial charge in [-0.15, -0.1) is 0 Å². The molecule has 6 nitrogen and oxygen atoms in total. The molecule has 164 valence electrons. The molecule has 0 spiro atoms. The van der Waals surface area contributed by atoms with Crippen molar-refractivity contribution in [3.63, 3.8) is 0 Å². The van der Waals surface area contributed by atoms with Crippen LogP contribution in [0.15, 0.2) is 42.5 Å². The van der Waals surface area contributed by atoms with Gasteiger partial charge in [-0.25, -0.2) is 0 Å². The van der Waals surface area contributed by atoms with Crippen LogP contribution in [0.5, 0.6) is 5.75 Å². The number of piperidine rings is 1. The number of halogens is 1. The van der Waals surface area contributed by atoms with Crippen molar-refractivity contribution in [3.05, 3.63) is 58.6 Å². The number of carbonyl (C=O) groups excluding carboxylic acids is 2. The minimum absolute atomic E-state index is 0.0547. The van der Waals surface area contributed by atoms with Gasteiger partial charge in [0.1, 0.15) is 5.75 Å². The molecule has 0 radical (unpaired) electrons. The van der Waals surface area contributed by atoms with Crippen LogP contribution in [0.1, 0.15) is 28.8 Å². The highest BCUT2D eigenvalue weighted by molar-refractivity contribution is 6.31. The van der Waals surface area contributed by atoms with Crippen LogP contribution in [-0.2, 0) is 11.3 Å². The summed E-state index contributed by atoms with van der Waals surface area (Å²) in [4.78, 5) is 32.3. The molecule has 31 heavy (non-hydrogen) atoms. The number of benzene rings is 2. The predicted octanol–water partition coefficient (Wildman–Crippen LogP) is 3.68. The number of hydrogen-bond donors (Lipinski definition) is 0. The van der Waals surface area contributed by atoms with Gasteiger partial charge in [-0.05, 0) is 42.7 Å². The summed E-state index contributed by atoms with van der Waals surface area (Å²) in [5.41, 5.74) is 2.83. The number of likely N-dealkylation sites (N-methyl/N-ethyl adjacent to an activating group) is 1. The number of carbonyl (C=O) groups is 2. The maximum absolute atomic E-state index is 13.3. The van der Waals surface area contributed by atoms with Crippen LogP contribution in [0.25, 0.3) is 0 Å². The Morgan fingerprint density at radius 1 is 1.00 bits per heavy atom. The highest BCUT2D eigenvalue weighted by Gasteiger charge is 2.32. The van der Waals surface area contributed by atoms with E-state index in [9.17, 15) is 9.59 Å². The zero-order valence-corrected chi connectivity index (χ0v) is 18.8. The lowest BCUT2D eigenvalue weighted by molar-refractivity contribution is -0.137. The predicted molar refractivity (Wildman–Crippen MR) is 122 cm³/mol. The van der Waals surface area contributed by atoms with E-state index >= 15 is 0 Å². The average molecular weight is 442 g/mol. The summed E-state index contributed by atoms with van der Waals surface area (Å²) in [6, 6.07) is 13.3. The molecule has 4 rings (SSSR count). The Hall–Kier alpha value is -2.73. The Bertz CT molecular complexity index is 972. The highest BCUT2D eigenvalue weighted by Crippen LogP contribution is 2.29. The molecule has 0 aliphatic carbocycles. The zero-order chi connectivity index (χ0) is 22.0. The summed E-state index contributed by atoms with van der Waals surface area (Å²) < 4.78 is 5.33. The van der Waals surface area contributed by atoms with Gasteiger partial charge in [0.2, 0.25) is 5.91 Å². The molecule has 0 atom stereocenters. The van der Waals surface area contributed by atoms with Crippen LogP contribution in [0.3, 0.4) is 0 Å². The smallest absolute Gasteiger partial charge is 0.257 e. The molecule has 0 bridgehead atoms. The second-order valence-electron chi connectivity index (χ2n) is 8.22. The number of para-hydroxylation sites is 1. The highest BCUT2D eigenvalue weighted by atomic mass is 35.5. The lowest BCUT2D eigenvalue weighted by Crippen LogP contribution is -2.45. The Morgan fingerprint density at radius 3 is 2.48 bits per heavy atom. The fraction of sp³-hybridized carbons (Fsp3) is 0.417. The van der Waals surface area contributed by atoms with Gasteiger partial charge in [-0.2, -0.15) is 0 Å². The normalized spacial score (nSPS) is 17.2. The first-order valence-electron chi connectivity index (χ1n) is 10.7. The molecule has 1 fully saturated rings. The van der Waals surface area contributed by atoms with Gasteiger partial charge in [-0.1, -0.05) is 29.8 Å². The van der Waals surface area contributed by atoms with E-state index in [0.29, 0.717) is 55.4 Å². The summed E-state index contributed by atoms with van der Waals surface area (Å²) in [5.74, 6) is 0.550. The fourth-order valence-corrected chi connectivity index (χ4v) is 4.66. The third-order valence-corrected chi connectivity index (χ3v) is 6.54. The number of methoxy groups -OCH3 is 1. The van der Waals surface area contributed by atoms with Crippen LogP contribution in [0.4, 0.5) is 5.69 Å². The molecule has 0 saturated carbocycles. The fourth-order valence-electron chi connectivity index (χ4n) is 4.49. The number of anilines is 1. The largest absolute Gasteiger partial charge is 0.496 e. The van der Waals surface area contributed by atoms with Crippen molar-refractivity contribution in [3.8, 4) is 5.75 Å². The van der Waals surface area contributed by atoms with Gasteiger partial charge in [-0.3, -0.25) is 9.59 Å². The van der Waals surface area contributed by atoms with E-state index in [-0.39, 0.29) is 17.7 Å². The van der Waals surface area contributed by atoms with Crippen molar-refractivity contribution in [1.29, 1.82) is 0 Å². The maximum atomic E-state index is 13.3. The molecule has 0 N–H and O–H groups in total. The van der Waals surface area contributed by atoms with E-state index in [4.69, 9.17) is 16.3 Å². The number of ether oxygens (including phenoxy) is 1. The van der Waals surface area contributed by atoms with Gasteiger partial charge in [0, 0.05) is 56.4 Å². The first kappa shape index (κ1) is 21.5. The van der Waals surface area contributed by atoms with Gasteiger partial charge in [0.05, 0.1) is 12.7 Å². The standard InChI is InChI=1S/C24H28ClN3O3/c1-26-13-14-28(16-18-5-3-4-6-21(18)26)23(29)17-9-11-27(12-10-17)24(30)20-15-19(25)7-8-22(20)31-2/h3-8,15,17H,9-14,16H2,1-2H3. The van der Waals surface area contributed by atoms with Crippen LogP contribution in [0, 0.1) is 5.92 Å². The van der Waals surface area contributed by atoms with Crippen molar-refractivity contribution in [2.24, 2.45) is 5.92 Å². The van der Waals surface area contributed by atoms with Crippen molar-refractivity contribution in [2.45, 2.75) is 19.4 Å². The molecule has 2 aliphatic rings. The molecule has 0 aromatic heterocycles. The Balaban J connectivity index is 1.40. The number of rotatable bonds is 3. The Labute approximate surface area is 188 Å². The quantitative estimate of drug-likeness (QED) is 0.729. The van der Waals surface area contributed by atoms with E-state index in [0.717, 1.165) is 6.54 Å². The molecule has 2 heterocycles. The van der Waals surface area contributed by atoms with Crippen LogP contribution in [-0.4, -0.2) is 62.0 Å². The monoisotopic (exact) mass is 441 g/mol. The molecular weight excluding hydrogens is 414 g/mol. The molecule has 2 amide bonds. The number of likely N-dealkylation sites (tertiary alicyclic amines) is 1. The molecule has 2 aromatic rings. The summed E-state index contributed by atoms with van der Waals surface area (Å²) in [6.45, 7) is 3.26. The minimum Gasteiger partial charge on any atom is -0.496 e. The third-order valence-electron chi connectivity index (χ3n) is 6.30. The Morgan fingerprint density at radius 2 is 1.74 bits per heavy atom. The van der Waals surface area contributed by atoms with Crippen molar-refractivity contribution in [1.82, 2.24) is 9.80 Å². The maximum Gasteiger partial charge on any atom is 0.257 e. The first-order valence-corrected chi connectivity index (χ1v) is 11.1. The molecule has 2 aliphatic heterocycles. The minimum atomic E-state index is -0.101. The van der Waals surface area contributed by atoms with E-state index in [1.54, 1.807) is 30.2 Å². The second-order valence-corrected chi connectivity index (χ2v) is 8.66. The summed E-state index contributed by atoms with van der Waals surface area (Å²) in [6.07, 6.45) is 1.34. The van der Waals surface area contributed by atoms with Gasteiger partial charge < -0.3 is 19.4 Å². The van der Waals surface area contributed by atoms with Crippen molar-refractivity contribution >= 4 is 29.1 Å². The number of nitrogens with zero attached hydrogens (tertiary/aromatic N) is 3. The number of hydrogen-bond acceptors (Lipinski definition) is 4. The van der Waals surface area contributed by atoms with E-state index in [1.807, 2.05) is 17.0 Å². The zero-order valence-electron chi connectivity index (χ0n) is 18.0. The number of fused-ring (bicyclic) bond motifs is 1. The molecule has 0 unspecified atom stereocenters. The topological polar surface area (TPSA) is 53.1 Å². The van der Waals surface area contributed by atoms with Gasteiger partial charge in [0.15, 0.2) is 0 Å². The SMILES string of the molecule is COc1ccc(Cl)cc1C(=O)N1CCC(C(=O)N2CCN(C)c3ccccc3C2)CC1. The van der Waals surface area contributed by atoms with Crippen molar-refractivity contribution in [2.75, 3.05) is 45.2 Å². The molecule has 1 saturated heterocycles. The average Bonchev–Trinajstić information content (AvgIpc) is 2.97. The summed E-state index contributed by atoms with van der Waals surface area (Å²) in [7, 11) is 3.61.